The van der Waals surface area contributed by atoms with Gasteiger partial charge < -0.3 is 5.32 Å². The van der Waals surface area contributed by atoms with Gasteiger partial charge in [0.05, 0.1) is 0 Å². The van der Waals surface area contributed by atoms with Gasteiger partial charge in [-0.3, -0.25) is 0 Å². The molecule has 0 spiro atoms. The molecule has 0 aromatic carbocycles. The van der Waals surface area contributed by atoms with Gasteiger partial charge >= 0.3 is 0 Å². The zero-order chi connectivity index (χ0) is 10.9. The molecule has 0 aliphatic carbocycles. The molecule has 0 amide bonds. The van der Waals surface area contributed by atoms with Crippen molar-refractivity contribution in [2.75, 3.05) is 18.1 Å². The van der Waals surface area contributed by atoms with Crippen molar-refractivity contribution in [2.45, 2.75) is 58.4 Å². The predicted molar refractivity (Wildman–Crippen MR) is 71.7 cm³/mol. The van der Waals surface area contributed by atoms with Crippen LogP contribution in [-0.4, -0.2) is 24.1 Å². The highest BCUT2D eigenvalue weighted by molar-refractivity contribution is 7.99. The molecule has 0 aromatic heterocycles. The first-order chi connectivity index (χ1) is 7.36. The molecule has 0 aromatic rings. The lowest BCUT2D eigenvalue weighted by Gasteiger charge is -2.25. The summed E-state index contributed by atoms with van der Waals surface area (Å²) in [6.07, 6.45) is 8.27. The summed E-state index contributed by atoms with van der Waals surface area (Å²) in [4.78, 5) is 0. The van der Waals surface area contributed by atoms with Gasteiger partial charge in [0.25, 0.3) is 0 Å². The molecule has 1 nitrogen and oxygen atoms in total. The minimum Gasteiger partial charge on any atom is -0.314 e. The minimum absolute atomic E-state index is 0.821. The molecule has 0 radical (unpaired) electrons. The molecule has 1 aliphatic heterocycles. The highest BCUT2D eigenvalue weighted by atomic mass is 32.2. The summed E-state index contributed by atoms with van der Waals surface area (Å²) < 4.78 is 0. The van der Waals surface area contributed by atoms with Gasteiger partial charge in [-0.25, -0.2) is 0 Å². The molecule has 90 valence electrons. The first-order valence-corrected chi connectivity index (χ1v) is 7.83. The average molecular weight is 229 g/mol. The molecular formula is C13H27NS. The SMILES string of the molecule is CCCCC(CC)CNC1CCSCC1. The molecule has 1 fully saturated rings. The average Bonchev–Trinajstić information content (AvgIpc) is 2.31. The summed E-state index contributed by atoms with van der Waals surface area (Å²) in [6, 6.07) is 0.821. The summed E-state index contributed by atoms with van der Waals surface area (Å²) in [5, 5.41) is 3.77. The molecular weight excluding hydrogens is 202 g/mol. The largest absolute Gasteiger partial charge is 0.314 e. The van der Waals surface area contributed by atoms with Crippen LogP contribution >= 0.6 is 11.8 Å². The van der Waals surface area contributed by atoms with Crippen molar-refractivity contribution in [1.82, 2.24) is 5.32 Å². The fourth-order valence-electron chi connectivity index (χ4n) is 2.18. The highest BCUT2D eigenvalue weighted by Crippen LogP contribution is 2.18. The van der Waals surface area contributed by atoms with E-state index in [1.54, 1.807) is 0 Å². The highest BCUT2D eigenvalue weighted by Gasteiger charge is 2.14. The van der Waals surface area contributed by atoms with E-state index in [0.717, 1.165) is 12.0 Å². The van der Waals surface area contributed by atoms with Crippen molar-refractivity contribution in [1.29, 1.82) is 0 Å². The minimum atomic E-state index is 0.821. The van der Waals surface area contributed by atoms with E-state index in [4.69, 9.17) is 0 Å². The second kappa shape index (κ2) is 8.46. The van der Waals surface area contributed by atoms with Gasteiger partial charge in [-0.2, -0.15) is 11.8 Å². The Bertz CT molecular complexity index is 143. The molecule has 1 heterocycles. The Balaban J connectivity index is 2.09. The van der Waals surface area contributed by atoms with E-state index in [1.165, 1.54) is 56.6 Å². The van der Waals surface area contributed by atoms with E-state index in [2.05, 4.69) is 30.9 Å². The first-order valence-electron chi connectivity index (χ1n) is 6.68. The standard InChI is InChI=1S/C13H27NS/c1-3-5-6-12(4-2)11-14-13-7-9-15-10-8-13/h12-14H,3-11H2,1-2H3. The van der Waals surface area contributed by atoms with Crippen LogP contribution in [0.15, 0.2) is 0 Å². The van der Waals surface area contributed by atoms with Crippen LogP contribution in [0.3, 0.4) is 0 Å². The van der Waals surface area contributed by atoms with Gasteiger partial charge in [0.1, 0.15) is 0 Å². The van der Waals surface area contributed by atoms with Crippen molar-refractivity contribution >= 4 is 11.8 Å². The molecule has 1 saturated heterocycles. The van der Waals surface area contributed by atoms with Crippen molar-refractivity contribution in [3.63, 3.8) is 0 Å². The molecule has 1 unspecified atom stereocenters. The maximum atomic E-state index is 3.77. The Kier molecular flexibility index (Phi) is 7.54. The molecule has 0 bridgehead atoms. The van der Waals surface area contributed by atoms with E-state index in [1.807, 2.05) is 0 Å². The van der Waals surface area contributed by atoms with E-state index < -0.39 is 0 Å². The van der Waals surface area contributed by atoms with Crippen LogP contribution in [0.1, 0.15) is 52.4 Å². The zero-order valence-corrected chi connectivity index (χ0v) is 11.2. The maximum absolute atomic E-state index is 3.77. The number of hydrogen-bond acceptors (Lipinski definition) is 2. The molecule has 15 heavy (non-hydrogen) atoms. The van der Waals surface area contributed by atoms with Gasteiger partial charge in [0, 0.05) is 6.04 Å². The smallest absolute Gasteiger partial charge is 0.00828 e. The van der Waals surface area contributed by atoms with E-state index >= 15 is 0 Å². The molecule has 1 atom stereocenters. The lowest BCUT2D eigenvalue weighted by molar-refractivity contribution is 0.377. The van der Waals surface area contributed by atoms with Gasteiger partial charge in [0.2, 0.25) is 0 Å². The number of thioether (sulfide) groups is 1. The number of unbranched alkanes of at least 4 members (excludes halogenated alkanes) is 1. The third kappa shape index (κ3) is 5.82. The zero-order valence-electron chi connectivity index (χ0n) is 10.4. The fraction of sp³-hybridized carbons (Fsp3) is 1.00. The summed E-state index contributed by atoms with van der Waals surface area (Å²) in [5.41, 5.74) is 0. The number of hydrogen-bond donors (Lipinski definition) is 1. The summed E-state index contributed by atoms with van der Waals surface area (Å²) >= 11 is 2.11. The Labute approximate surface area is 99.8 Å². The van der Waals surface area contributed by atoms with Gasteiger partial charge in [-0.1, -0.05) is 33.1 Å². The van der Waals surface area contributed by atoms with Crippen LogP contribution in [0.25, 0.3) is 0 Å². The van der Waals surface area contributed by atoms with Crippen LogP contribution in [-0.2, 0) is 0 Å². The van der Waals surface area contributed by atoms with Crippen LogP contribution in [0, 0.1) is 5.92 Å². The van der Waals surface area contributed by atoms with Crippen molar-refractivity contribution in [3.05, 3.63) is 0 Å². The van der Waals surface area contributed by atoms with Gasteiger partial charge in [-0.15, -0.1) is 0 Å². The van der Waals surface area contributed by atoms with Crippen molar-refractivity contribution in [3.8, 4) is 0 Å². The van der Waals surface area contributed by atoms with E-state index in [9.17, 15) is 0 Å². The molecule has 0 saturated carbocycles. The monoisotopic (exact) mass is 229 g/mol. The third-order valence-corrected chi connectivity index (χ3v) is 4.51. The Hall–Kier alpha value is 0.310. The van der Waals surface area contributed by atoms with Crippen molar-refractivity contribution < 1.29 is 0 Å². The molecule has 1 aliphatic rings. The Morgan fingerprint density at radius 1 is 1.27 bits per heavy atom. The van der Waals surface area contributed by atoms with Crippen molar-refractivity contribution in [2.24, 2.45) is 5.92 Å². The number of nitrogens with one attached hydrogen (secondary N) is 1. The molecule has 1 rings (SSSR count). The summed E-state index contributed by atoms with van der Waals surface area (Å²) in [5.74, 6) is 3.65. The molecule has 2 heteroatoms. The quantitative estimate of drug-likeness (QED) is 0.714. The fourth-order valence-corrected chi connectivity index (χ4v) is 3.28. The summed E-state index contributed by atoms with van der Waals surface area (Å²) in [7, 11) is 0. The van der Waals surface area contributed by atoms with Gasteiger partial charge in [0.15, 0.2) is 0 Å². The topological polar surface area (TPSA) is 12.0 Å². The van der Waals surface area contributed by atoms with Crippen LogP contribution < -0.4 is 5.32 Å². The van der Waals surface area contributed by atoms with Gasteiger partial charge in [-0.05, 0) is 43.2 Å². The second-order valence-corrected chi connectivity index (χ2v) is 5.94. The van der Waals surface area contributed by atoms with E-state index in [-0.39, 0.29) is 0 Å². The lowest BCUT2D eigenvalue weighted by Crippen LogP contribution is -2.35. The maximum Gasteiger partial charge on any atom is 0.00828 e. The summed E-state index contributed by atoms with van der Waals surface area (Å²) in [6.45, 7) is 5.88. The van der Waals surface area contributed by atoms with Crippen LogP contribution in [0.5, 0.6) is 0 Å². The third-order valence-electron chi connectivity index (χ3n) is 3.46. The van der Waals surface area contributed by atoms with Crippen LogP contribution in [0.4, 0.5) is 0 Å². The number of rotatable bonds is 7. The normalized spacial score (nSPS) is 20.4. The van der Waals surface area contributed by atoms with Crippen LogP contribution in [0.2, 0.25) is 0 Å². The first kappa shape index (κ1) is 13.4. The predicted octanol–water partition coefficient (Wildman–Crippen LogP) is 3.69. The lowest BCUT2D eigenvalue weighted by atomic mass is 9.98. The Morgan fingerprint density at radius 2 is 2.00 bits per heavy atom. The van der Waals surface area contributed by atoms with E-state index in [0.29, 0.717) is 0 Å². The second-order valence-electron chi connectivity index (χ2n) is 4.71. The molecule has 1 N–H and O–H groups in total. The Morgan fingerprint density at radius 3 is 2.60 bits per heavy atom.